The lowest BCUT2D eigenvalue weighted by Crippen LogP contribution is -2.39. The van der Waals surface area contributed by atoms with Crippen LogP contribution >= 0.6 is 0 Å². The largest absolute Gasteiger partial charge is 0.475 e. The van der Waals surface area contributed by atoms with E-state index in [9.17, 15) is 4.79 Å². The van der Waals surface area contributed by atoms with Gasteiger partial charge in [0.25, 0.3) is 0 Å². The Morgan fingerprint density at radius 1 is 1.53 bits per heavy atom. The van der Waals surface area contributed by atoms with Crippen molar-refractivity contribution in [3.05, 3.63) is 11.8 Å². The van der Waals surface area contributed by atoms with Gasteiger partial charge in [0, 0.05) is 19.1 Å². The van der Waals surface area contributed by atoms with E-state index in [4.69, 9.17) is 19.7 Å². The molecule has 1 aliphatic rings. The van der Waals surface area contributed by atoms with Gasteiger partial charge in [-0.25, -0.2) is 4.79 Å². The molecule has 0 radical (unpaired) electrons. The maximum atomic E-state index is 11.1. The van der Waals surface area contributed by atoms with Crippen molar-refractivity contribution in [3.63, 3.8) is 0 Å². The molecule has 0 aromatic carbocycles. The Balaban J connectivity index is 2.95. The molecule has 1 rings (SSSR count). The third kappa shape index (κ3) is 4.21. The number of allylic oxidation sites excluding steroid dienone is 1. The minimum atomic E-state index is -1.06. The number of aliphatic hydroxyl groups excluding tert-OH is 1. The molecule has 0 saturated heterocycles. The summed E-state index contributed by atoms with van der Waals surface area (Å²) in [6.45, 7) is 6.56. The maximum Gasteiger partial charge on any atom is 0.370 e. The van der Waals surface area contributed by atoms with Crippen molar-refractivity contribution in [1.29, 1.82) is 0 Å². The van der Waals surface area contributed by atoms with Crippen molar-refractivity contribution in [1.82, 2.24) is 0 Å². The molecule has 5 nitrogen and oxygen atoms in total. The number of hydrogen-bond donors (Lipinski definition) is 2. The minimum Gasteiger partial charge on any atom is -0.475 e. The molecular weight excluding hydrogens is 248 g/mol. The van der Waals surface area contributed by atoms with Crippen LogP contribution in [-0.4, -0.2) is 35.7 Å². The Labute approximate surface area is 114 Å². The van der Waals surface area contributed by atoms with Crippen LogP contribution in [0.15, 0.2) is 11.8 Å². The van der Waals surface area contributed by atoms with E-state index >= 15 is 0 Å². The van der Waals surface area contributed by atoms with Gasteiger partial charge in [-0.2, -0.15) is 0 Å². The first-order valence-electron chi connectivity index (χ1n) is 6.85. The third-order valence-electron chi connectivity index (χ3n) is 3.44. The van der Waals surface area contributed by atoms with Gasteiger partial charge in [0.1, 0.15) is 0 Å². The van der Waals surface area contributed by atoms with Crippen molar-refractivity contribution in [2.24, 2.45) is 17.8 Å². The lowest BCUT2D eigenvalue weighted by Gasteiger charge is -2.38. The average Bonchev–Trinajstić information content (AvgIpc) is 2.36. The first kappa shape index (κ1) is 16.0. The van der Waals surface area contributed by atoms with E-state index in [0.29, 0.717) is 18.9 Å². The van der Waals surface area contributed by atoms with Crippen molar-refractivity contribution < 1.29 is 24.5 Å². The van der Waals surface area contributed by atoms with Crippen LogP contribution in [0.5, 0.6) is 0 Å². The van der Waals surface area contributed by atoms with Crippen LogP contribution in [0.3, 0.4) is 0 Å². The fourth-order valence-electron chi connectivity index (χ4n) is 2.52. The van der Waals surface area contributed by atoms with Crippen molar-refractivity contribution >= 4 is 5.97 Å². The van der Waals surface area contributed by atoms with Gasteiger partial charge in [-0.1, -0.05) is 13.8 Å². The molecule has 0 bridgehead atoms. The number of aliphatic carboxylic acids is 1. The van der Waals surface area contributed by atoms with Crippen LogP contribution in [-0.2, 0) is 14.3 Å². The van der Waals surface area contributed by atoms with E-state index in [1.165, 1.54) is 0 Å². The summed E-state index contributed by atoms with van der Waals surface area (Å²) >= 11 is 0. The second kappa shape index (κ2) is 7.50. The molecule has 0 fully saturated rings. The zero-order chi connectivity index (χ0) is 14.4. The standard InChI is InChI=1S/C14H24O5/c1-4-18-14-10(6-5-7-15)11(9(2)3)8-12(19-14)13(16)17/h8-11,14-15H,4-7H2,1-3H3,(H,16,17). The lowest BCUT2D eigenvalue weighted by molar-refractivity contribution is -0.180. The number of ether oxygens (including phenoxy) is 2. The zero-order valence-electron chi connectivity index (χ0n) is 11.8. The summed E-state index contributed by atoms with van der Waals surface area (Å²) < 4.78 is 11.0. The fraction of sp³-hybridized carbons (Fsp3) is 0.786. The average molecular weight is 272 g/mol. The molecule has 3 atom stereocenters. The molecule has 5 heteroatoms. The molecule has 1 aliphatic heterocycles. The molecule has 0 amide bonds. The van der Waals surface area contributed by atoms with Crippen LogP contribution in [0.4, 0.5) is 0 Å². The van der Waals surface area contributed by atoms with Crippen LogP contribution in [0.2, 0.25) is 0 Å². The summed E-state index contributed by atoms with van der Waals surface area (Å²) in [7, 11) is 0. The highest BCUT2D eigenvalue weighted by molar-refractivity contribution is 5.84. The molecule has 0 saturated carbocycles. The van der Waals surface area contributed by atoms with Gasteiger partial charge in [-0.3, -0.25) is 0 Å². The van der Waals surface area contributed by atoms with E-state index in [1.54, 1.807) is 6.08 Å². The van der Waals surface area contributed by atoms with Gasteiger partial charge < -0.3 is 19.7 Å². The minimum absolute atomic E-state index is 0.0302. The Hall–Kier alpha value is -1.07. The highest BCUT2D eigenvalue weighted by Crippen LogP contribution is 2.36. The SMILES string of the molecule is CCOC1OC(C(=O)O)=CC(C(C)C)C1CCCO. The van der Waals surface area contributed by atoms with Crippen LogP contribution < -0.4 is 0 Å². The summed E-state index contributed by atoms with van der Waals surface area (Å²) in [5.41, 5.74) is 0. The van der Waals surface area contributed by atoms with Gasteiger partial charge in [0.15, 0.2) is 0 Å². The van der Waals surface area contributed by atoms with E-state index < -0.39 is 12.3 Å². The number of carboxylic acids is 1. The second-order valence-electron chi connectivity index (χ2n) is 5.13. The van der Waals surface area contributed by atoms with Crippen LogP contribution in [0.25, 0.3) is 0 Å². The highest BCUT2D eigenvalue weighted by Gasteiger charge is 2.38. The first-order chi connectivity index (χ1) is 9.01. The molecule has 0 aromatic heterocycles. The molecule has 1 heterocycles. The highest BCUT2D eigenvalue weighted by atomic mass is 16.7. The molecule has 3 unspecified atom stereocenters. The molecule has 0 aromatic rings. The van der Waals surface area contributed by atoms with E-state index in [0.717, 1.165) is 6.42 Å². The first-order valence-corrected chi connectivity index (χ1v) is 6.85. The lowest BCUT2D eigenvalue weighted by atomic mass is 9.78. The summed E-state index contributed by atoms with van der Waals surface area (Å²) in [4.78, 5) is 11.1. The van der Waals surface area contributed by atoms with E-state index in [2.05, 4.69) is 13.8 Å². The van der Waals surface area contributed by atoms with E-state index in [1.807, 2.05) is 6.92 Å². The van der Waals surface area contributed by atoms with Gasteiger partial charge in [-0.05, 0) is 37.7 Å². The number of aliphatic hydroxyl groups is 1. The van der Waals surface area contributed by atoms with Crippen molar-refractivity contribution in [3.8, 4) is 0 Å². The summed E-state index contributed by atoms with van der Waals surface area (Å²) in [6.07, 6.45) is 2.56. The second-order valence-corrected chi connectivity index (χ2v) is 5.13. The smallest absolute Gasteiger partial charge is 0.370 e. The van der Waals surface area contributed by atoms with Crippen molar-refractivity contribution in [2.45, 2.75) is 39.9 Å². The Morgan fingerprint density at radius 3 is 2.68 bits per heavy atom. The number of carbonyl (C=O) groups is 1. The summed E-state index contributed by atoms with van der Waals surface area (Å²) in [5.74, 6) is -0.628. The van der Waals surface area contributed by atoms with Crippen LogP contribution in [0.1, 0.15) is 33.6 Å². The normalized spacial score (nSPS) is 27.0. The molecular formula is C14H24O5. The Kier molecular flexibility index (Phi) is 6.31. The Morgan fingerprint density at radius 2 is 2.21 bits per heavy atom. The zero-order valence-corrected chi connectivity index (χ0v) is 11.8. The number of hydrogen-bond acceptors (Lipinski definition) is 4. The van der Waals surface area contributed by atoms with E-state index in [-0.39, 0.29) is 24.2 Å². The van der Waals surface area contributed by atoms with Gasteiger partial charge in [0.05, 0.1) is 0 Å². The summed E-state index contributed by atoms with van der Waals surface area (Å²) in [5, 5.41) is 18.1. The third-order valence-corrected chi connectivity index (χ3v) is 3.44. The van der Waals surface area contributed by atoms with Crippen LogP contribution in [0, 0.1) is 17.8 Å². The molecule has 2 N–H and O–H groups in total. The maximum absolute atomic E-state index is 11.1. The predicted octanol–water partition coefficient (Wildman–Crippen LogP) is 2.01. The monoisotopic (exact) mass is 272 g/mol. The Bertz CT molecular complexity index is 324. The van der Waals surface area contributed by atoms with Gasteiger partial charge >= 0.3 is 5.97 Å². The van der Waals surface area contributed by atoms with Crippen molar-refractivity contribution in [2.75, 3.05) is 13.2 Å². The predicted molar refractivity (Wildman–Crippen MR) is 70.4 cm³/mol. The quantitative estimate of drug-likeness (QED) is 0.741. The summed E-state index contributed by atoms with van der Waals surface area (Å²) in [6, 6.07) is 0. The molecule has 19 heavy (non-hydrogen) atoms. The fourth-order valence-corrected chi connectivity index (χ4v) is 2.52. The van der Waals surface area contributed by atoms with Gasteiger partial charge in [0.2, 0.25) is 12.0 Å². The molecule has 110 valence electrons. The molecule has 0 spiro atoms. The topological polar surface area (TPSA) is 76.0 Å². The number of carboxylic acid groups (broad SMARTS) is 1. The van der Waals surface area contributed by atoms with Gasteiger partial charge in [-0.15, -0.1) is 0 Å². The molecule has 0 aliphatic carbocycles. The number of rotatable bonds is 7.